The number of hydrogen-bond donors (Lipinski definition) is 1. The fourth-order valence-electron chi connectivity index (χ4n) is 3.35. The molecule has 8 heteroatoms. The van der Waals surface area contributed by atoms with Gasteiger partial charge in [0, 0.05) is 28.5 Å². The fourth-order valence-corrected chi connectivity index (χ4v) is 4.35. The second-order valence-electron chi connectivity index (χ2n) is 7.13. The highest BCUT2D eigenvalue weighted by Crippen LogP contribution is 2.29. The number of nitrogens with zero attached hydrogens (tertiary/aromatic N) is 3. The lowest BCUT2D eigenvalue weighted by Crippen LogP contribution is -2.29. The molecule has 0 atom stereocenters. The van der Waals surface area contributed by atoms with Crippen molar-refractivity contribution >= 4 is 35.0 Å². The number of halogens is 1. The molecule has 1 amide bonds. The predicted molar refractivity (Wildman–Crippen MR) is 114 cm³/mol. The molecule has 0 aliphatic heterocycles. The summed E-state index contributed by atoms with van der Waals surface area (Å²) >= 11 is 7.20. The van der Waals surface area contributed by atoms with Crippen LogP contribution in [0.1, 0.15) is 24.1 Å². The van der Waals surface area contributed by atoms with Gasteiger partial charge >= 0.3 is 5.69 Å². The highest BCUT2D eigenvalue weighted by Gasteiger charge is 2.22. The van der Waals surface area contributed by atoms with Crippen molar-refractivity contribution in [1.82, 2.24) is 14.5 Å². The van der Waals surface area contributed by atoms with E-state index in [-0.39, 0.29) is 17.3 Å². The Balaban J connectivity index is 1.66. The first-order valence-electron chi connectivity index (χ1n) is 9.39. The van der Waals surface area contributed by atoms with Gasteiger partial charge in [0.15, 0.2) is 0 Å². The summed E-state index contributed by atoms with van der Waals surface area (Å²) < 4.78 is 1.82. The summed E-state index contributed by atoms with van der Waals surface area (Å²) in [5.74, 6) is 0.0858. The van der Waals surface area contributed by atoms with E-state index in [0.717, 1.165) is 43.5 Å². The molecule has 6 nitrogen and oxygen atoms in total. The predicted octanol–water partition coefficient (Wildman–Crippen LogP) is 3.07. The van der Waals surface area contributed by atoms with Crippen LogP contribution in [0.2, 0.25) is 5.02 Å². The van der Waals surface area contributed by atoms with Crippen LogP contribution in [0.5, 0.6) is 0 Å². The van der Waals surface area contributed by atoms with Gasteiger partial charge in [-0.25, -0.2) is 4.79 Å². The first kappa shape index (κ1) is 20.9. The van der Waals surface area contributed by atoms with Crippen LogP contribution in [0.3, 0.4) is 0 Å². The molecular formula is C20H25ClN4O2S. The normalized spacial score (nSPS) is 13.0. The van der Waals surface area contributed by atoms with Crippen molar-refractivity contribution in [3.63, 3.8) is 0 Å². The third kappa shape index (κ3) is 5.37. The average Bonchev–Trinajstić information content (AvgIpc) is 3.13. The van der Waals surface area contributed by atoms with Gasteiger partial charge in [-0.2, -0.15) is 4.98 Å². The van der Waals surface area contributed by atoms with Crippen molar-refractivity contribution in [3.05, 3.63) is 51.0 Å². The zero-order chi connectivity index (χ0) is 20.1. The molecule has 1 aromatic carbocycles. The zero-order valence-electron chi connectivity index (χ0n) is 16.2. The number of nitrogens with one attached hydrogen (secondary N) is 1. The summed E-state index contributed by atoms with van der Waals surface area (Å²) in [5.41, 5.74) is 2.72. The van der Waals surface area contributed by atoms with Gasteiger partial charge in [-0.3, -0.25) is 9.36 Å². The minimum absolute atomic E-state index is 0.129. The van der Waals surface area contributed by atoms with Gasteiger partial charge in [-0.1, -0.05) is 23.4 Å². The Bertz CT molecular complexity index is 896. The van der Waals surface area contributed by atoms with Crippen molar-refractivity contribution in [2.24, 2.45) is 0 Å². The standard InChI is InChI=1S/C20H25ClN4O2S/c1-24(2)11-4-12-25-17-6-3-5-16(17)19(23-20(25)27)28-13-18(26)22-15-9-7-14(21)8-10-15/h7-10H,3-6,11-13H2,1-2H3,(H,22,26). The van der Waals surface area contributed by atoms with Crippen molar-refractivity contribution in [3.8, 4) is 0 Å². The molecule has 0 bridgehead atoms. The number of hydrogen-bond acceptors (Lipinski definition) is 5. The molecular weight excluding hydrogens is 396 g/mol. The van der Waals surface area contributed by atoms with Crippen LogP contribution in [0.15, 0.2) is 34.1 Å². The van der Waals surface area contributed by atoms with Crippen molar-refractivity contribution in [2.45, 2.75) is 37.3 Å². The molecule has 1 aliphatic rings. The van der Waals surface area contributed by atoms with E-state index < -0.39 is 0 Å². The number of benzene rings is 1. The molecule has 0 radical (unpaired) electrons. The second kappa shape index (κ2) is 9.58. The molecule has 0 saturated carbocycles. The number of rotatable bonds is 8. The van der Waals surface area contributed by atoms with Gasteiger partial charge in [-0.15, -0.1) is 0 Å². The number of carbonyl (C=O) groups excluding carboxylic acids is 1. The van der Waals surface area contributed by atoms with Crippen molar-refractivity contribution in [2.75, 3.05) is 31.7 Å². The van der Waals surface area contributed by atoms with Gasteiger partial charge in [0.2, 0.25) is 5.91 Å². The molecule has 2 aromatic rings. The Morgan fingerprint density at radius 3 is 2.75 bits per heavy atom. The number of fused-ring (bicyclic) bond motifs is 1. The van der Waals surface area contributed by atoms with Crippen LogP contribution in [-0.2, 0) is 24.2 Å². The Kier molecular flexibility index (Phi) is 7.15. The summed E-state index contributed by atoms with van der Waals surface area (Å²) in [6, 6.07) is 6.98. The molecule has 0 spiro atoms. The summed E-state index contributed by atoms with van der Waals surface area (Å²) in [7, 11) is 4.06. The van der Waals surface area contributed by atoms with E-state index in [9.17, 15) is 9.59 Å². The molecule has 0 fully saturated rings. The molecule has 1 aliphatic carbocycles. The minimum atomic E-state index is -0.208. The van der Waals surface area contributed by atoms with E-state index in [4.69, 9.17) is 11.6 Å². The summed E-state index contributed by atoms with van der Waals surface area (Å²) in [5, 5.41) is 4.16. The number of anilines is 1. The summed E-state index contributed by atoms with van der Waals surface area (Å²) in [6.45, 7) is 1.62. The molecule has 0 unspecified atom stereocenters. The first-order valence-corrected chi connectivity index (χ1v) is 10.8. The van der Waals surface area contributed by atoms with Crippen LogP contribution in [-0.4, -0.2) is 46.8 Å². The van der Waals surface area contributed by atoms with E-state index in [2.05, 4.69) is 15.2 Å². The van der Waals surface area contributed by atoms with Gasteiger partial charge in [0.25, 0.3) is 0 Å². The topological polar surface area (TPSA) is 67.2 Å². The maximum Gasteiger partial charge on any atom is 0.348 e. The molecule has 1 heterocycles. The first-order chi connectivity index (χ1) is 13.4. The van der Waals surface area contributed by atoms with Gasteiger partial charge in [0.05, 0.1) is 5.75 Å². The Hall–Kier alpha value is -1.83. The smallest absolute Gasteiger partial charge is 0.325 e. The monoisotopic (exact) mass is 420 g/mol. The van der Waals surface area contributed by atoms with Crippen molar-refractivity contribution < 1.29 is 4.79 Å². The lowest BCUT2D eigenvalue weighted by atomic mass is 10.2. The van der Waals surface area contributed by atoms with Crippen LogP contribution in [0.4, 0.5) is 5.69 Å². The number of amides is 1. The van der Waals surface area contributed by atoms with E-state index in [1.54, 1.807) is 24.3 Å². The largest absolute Gasteiger partial charge is 0.348 e. The minimum Gasteiger partial charge on any atom is -0.325 e. The van der Waals surface area contributed by atoms with E-state index in [0.29, 0.717) is 22.3 Å². The summed E-state index contributed by atoms with van der Waals surface area (Å²) in [4.78, 5) is 31.2. The van der Waals surface area contributed by atoms with Crippen molar-refractivity contribution in [1.29, 1.82) is 0 Å². The molecule has 1 N–H and O–H groups in total. The van der Waals surface area contributed by atoms with E-state index >= 15 is 0 Å². The Labute approximate surface area is 174 Å². The average molecular weight is 421 g/mol. The highest BCUT2D eigenvalue weighted by molar-refractivity contribution is 8.00. The molecule has 0 saturated heterocycles. The second-order valence-corrected chi connectivity index (χ2v) is 8.53. The SMILES string of the molecule is CN(C)CCCn1c2c(c(SCC(=O)Nc3ccc(Cl)cc3)nc1=O)CCC2. The molecule has 1 aromatic heterocycles. The summed E-state index contributed by atoms with van der Waals surface area (Å²) in [6.07, 6.45) is 3.76. The lowest BCUT2D eigenvalue weighted by molar-refractivity contribution is -0.113. The molecule has 28 heavy (non-hydrogen) atoms. The van der Waals surface area contributed by atoms with Crippen LogP contribution >= 0.6 is 23.4 Å². The zero-order valence-corrected chi connectivity index (χ0v) is 17.8. The number of thioether (sulfide) groups is 1. The van der Waals surface area contributed by atoms with E-state index in [1.165, 1.54) is 11.8 Å². The van der Waals surface area contributed by atoms with Crippen LogP contribution in [0, 0.1) is 0 Å². The Morgan fingerprint density at radius 2 is 2.04 bits per heavy atom. The van der Waals surface area contributed by atoms with Gasteiger partial charge < -0.3 is 10.2 Å². The molecule has 3 rings (SSSR count). The maximum atomic E-state index is 12.6. The van der Waals surface area contributed by atoms with Crippen LogP contribution < -0.4 is 11.0 Å². The fraction of sp³-hybridized carbons (Fsp3) is 0.450. The number of aromatic nitrogens is 2. The molecule has 150 valence electrons. The van der Waals surface area contributed by atoms with Crippen LogP contribution in [0.25, 0.3) is 0 Å². The third-order valence-electron chi connectivity index (χ3n) is 4.66. The van der Waals surface area contributed by atoms with Gasteiger partial charge in [-0.05, 0) is 70.6 Å². The third-order valence-corrected chi connectivity index (χ3v) is 5.93. The number of carbonyl (C=O) groups is 1. The maximum absolute atomic E-state index is 12.6. The van der Waals surface area contributed by atoms with Gasteiger partial charge in [0.1, 0.15) is 5.03 Å². The Morgan fingerprint density at radius 1 is 1.29 bits per heavy atom. The highest BCUT2D eigenvalue weighted by atomic mass is 35.5. The quantitative estimate of drug-likeness (QED) is 0.525. The van der Waals surface area contributed by atoms with E-state index in [1.807, 2.05) is 18.7 Å². The lowest BCUT2D eigenvalue weighted by Gasteiger charge is -2.15.